The number of carbonyl (C=O) groups excluding carboxylic acids is 1. The molecule has 0 radical (unpaired) electrons. The predicted octanol–water partition coefficient (Wildman–Crippen LogP) is 2.56. The van der Waals surface area contributed by atoms with Crippen molar-refractivity contribution < 1.29 is 17.7 Å². The summed E-state index contributed by atoms with van der Waals surface area (Å²) in [5.41, 5.74) is 1.34. The molecule has 0 saturated heterocycles. The molecule has 0 bridgehead atoms. The zero-order chi connectivity index (χ0) is 17.2. The van der Waals surface area contributed by atoms with E-state index in [1.165, 1.54) is 0 Å². The molecule has 3 rings (SSSR count). The van der Waals surface area contributed by atoms with Gasteiger partial charge in [0, 0.05) is 29.4 Å². The molecule has 8 heteroatoms. The maximum absolute atomic E-state index is 11.9. The van der Waals surface area contributed by atoms with E-state index in [0.717, 1.165) is 11.0 Å². The van der Waals surface area contributed by atoms with Crippen LogP contribution < -0.4 is 5.32 Å². The topological polar surface area (TPSA) is 89.3 Å². The van der Waals surface area contributed by atoms with E-state index >= 15 is 0 Å². The third-order valence-corrected chi connectivity index (χ3v) is 5.41. The lowest BCUT2D eigenvalue weighted by Gasteiger charge is -2.06. The smallest absolute Gasteiger partial charge is 0.220 e. The van der Waals surface area contributed by atoms with Crippen LogP contribution in [0.1, 0.15) is 12.2 Å². The fraction of sp³-hybridized carbons (Fsp3) is 0.250. The Labute approximate surface area is 144 Å². The van der Waals surface area contributed by atoms with Crippen LogP contribution in [0.5, 0.6) is 0 Å². The zero-order valence-electron chi connectivity index (χ0n) is 12.6. The number of sulfone groups is 1. The Kier molecular flexibility index (Phi) is 4.73. The molecule has 126 valence electrons. The summed E-state index contributed by atoms with van der Waals surface area (Å²) in [5.74, 6) is -0.0342. The van der Waals surface area contributed by atoms with Crippen LogP contribution in [0.15, 0.2) is 46.3 Å². The molecule has 2 aromatic rings. The van der Waals surface area contributed by atoms with Crippen molar-refractivity contribution in [2.45, 2.75) is 13.0 Å². The number of amides is 1. The fourth-order valence-electron chi connectivity index (χ4n) is 2.46. The molecule has 0 fully saturated rings. The fourth-order valence-corrected chi connectivity index (χ4v) is 4.09. The molecule has 0 aliphatic carbocycles. The van der Waals surface area contributed by atoms with Crippen molar-refractivity contribution in [3.63, 3.8) is 0 Å². The third-order valence-electron chi connectivity index (χ3n) is 3.62. The molecule has 6 nitrogen and oxygen atoms in total. The highest BCUT2D eigenvalue weighted by molar-refractivity contribution is 7.94. The summed E-state index contributed by atoms with van der Waals surface area (Å²) in [6, 6.07) is 8.97. The number of nitrogens with one attached hydrogen (secondary N) is 1. The molecule has 1 aliphatic rings. The number of halogens is 1. The van der Waals surface area contributed by atoms with E-state index in [1.807, 2.05) is 18.2 Å². The van der Waals surface area contributed by atoms with Gasteiger partial charge in [0.25, 0.3) is 0 Å². The van der Waals surface area contributed by atoms with Gasteiger partial charge in [-0.25, -0.2) is 8.42 Å². The molecule has 1 atom stereocenters. The number of benzene rings is 1. The van der Waals surface area contributed by atoms with E-state index < -0.39 is 9.84 Å². The second kappa shape index (κ2) is 6.78. The van der Waals surface area contributed by atoms with Gasteiger partial charge in [-0.3, -0.25) is 4.79 Å². The van der Waals surface area contributed by atoms with E-state index in [9.17, 15) is 13.2 Å². The summed E-state index contributed by atoms with van der Waals surface area (Å²) in [5, 5.41) is 8.37. The number of hydrogen-bond donors (Lipinski definition) is 1. The average Bonchev–Trinajstić information content (AvgIpc) is 3.12. The summed E-state index contributed by atoms with van der Waals surface area (Å²) in [4.78, 5) is 11.9. The average molecular weight is 367 g/mol. The van der Waals surface area contributed by atoms with Crippen molar-refractivity contribution in [3.8, 4) is 11.3 Å². The summed E-state index contributed by atoms with van der Waals surface area (Å²) < 4.78 is 27.8. The first-order valence-corrected chi connectivity index (χ1v) is 9.40. The molecule has 0 spiro atoms. The van der Waals surface area contributed by atoms with Gasteiger partial charge < -0.3 is 9.84 Å². The molecular formula is C16H15ClN2O4S. The van der Waals surface area contributed by atoms with Gasteiger partial charge >= 0.3 is 0 Å². The number of rotatable bonds is 5. The van der Waals surface area contributed by atoms with Gasteiger partial charge in [-0.05, 0) is 6.07 Å². The van der Waals surface area contributed by atoms with E-state index in [2.05, 4.69) is 10.5 Å². The van der Waals surface area contributed by atoms with Crippen LogP contribution in [0.25, 0.3) is 11.3 Å². The summed E-state index contributed by atoms with van der Waals surface area (Å²) >= 11 is 6.11. The summed E-state index contributed by atoms with van der Waals surface area (Å²) in [6.07, 6.45) is 1.68. The predicted molar refractivity (Wildman–Crippen MR) is 89.8 cm³/mol. The molecule has 24 heavy (non-hydrogen) atoms. The van der Waals surface area contributed by atoms with Gasteiger partial charge in [-0.2, -0.15) is 0 Å². The molecule has 1 aromatic carbocycles. The Morgan fingerprint density at radius 3 is 2.88 bits per heavy atom. The maximum atomic E-state index is 11.9. The molecule has 2 heterocycles. The minimum Gasteiger partial charge on any atom is -0.359 e. The van der Waals surface area contributed by atoms with Crippen molar-refractivity contribution in [3.05, 3.63) is 52.6 Å². The van der Waals surface area contributed by atoms with Crippen LogP contribution in [0, 0.1) is 5.92 Å². The number of hydrogen-bond acceptors (Lipinski definition) is 5. The number of carbonyl (C=O) groups is 1. The summed E-state index contributed by atoms with van der Waals surface area (Å²) in [6.45, 7) is 0.180. The zero-order valence-corrected chi connectivity index (χ0v) is 14.2. The minimum absolute atomic E-state index is 0.0145. The highest BCUT2D eigenvalue weighted by atomic mass is 35.5. The molecule has 0 saturated carbocycles. The normalized spacial score (nSPS) is 18.6. The van der Waals surface area contributed by atoms with Crippen LogP contribution in [-0.4, -0.2) is 25.2 Å². The quantitative estimate of drug-likeness (QED) is 0.878. The lowest BCUT2D eigenvalue weighted by molar-refractivity contribution is -0.121. The Bertz CT molecular complexity index is 889. The van der Waals surface area contributed by atoms with Crippen molar-refractivity contribution in [2.24, 2.45) is 5.92 Å². The van der Waals surface area contributed by atoms with Crippen molar-refractivity contribution in [1.82, 2.24) is 10.5 Å². The van der Waals surface area contributed by atoms with Crippen LogP contribution in [0.3, 0.4) is 0 Å². The van der Waals surface area contributed by atoms with Crippen LogP contribution in [0.4, 0.5) is 0 Å². The van der Waals surface area contributed by atoms with Crippen molar-refractivity contribution >= 4 is 27.3 Å². The third kappa shape index (κ3) is 4.04. The Morgan fingerprint density at radius 2 is 2.17 bits per heavy atom. The summed E-state index contributed by atoms with van der Waals surface area (Å²) in [7, 11) is -3.14. The Morgan fingerprint density at radius 1 is 1.38 bits per heavy atom. The first kappa shape index (κ1) is 16.7. The first-order chi connectivity index (χ1) is 11.4. The molecule has 1 aromatic heterocycles. The second-order valence-electron chi connectivity index (χ2n) is 5.56. The highest BCUT2D eigenvalue weighted by Gasteiger charge is 2.23. The number of allylic oxidation sites excluding steroid dienone is 1. The van der Waals surface area contributed by atoms with Crippen molar-refractivity contribution in [1.29, 1.82) is 0 Å². The number of aromatic nitrogens is 1. The van der Waals surface area contributed by atoms with Gasteiger partial charge in [0.05, 0.1) is 17.3 Å². The minimum atomic E-state index is -3.14. The Hall–Kier alpha value is -2.12. The van der Waals surface area contributed by atoms with E-state index in [1.54, 1.807) is 18.2 Å². The molecular weight excluding hydrogens is 352 g/mol. The van der Waals surface area contributed by atoms with Gasteiger partial charge in [-0.1, -0.05) is 41.0 Å². The van der Waals surface area contributed by atoms with Crippen LogP contribution in [0.2, 0.25) is 5.02 Å². The van der Waals surface area contributed by atoms with E-state index in [0.29, 0.717) is 16.5 Å². The van der Waals surface area contributed by atoms with E-state index in [4.69, 9.17) is 16.1 Å². The molecule has 0 unspecified atom stereocenters. The first-order valence-electron chi connectivity index (χ1n) is 7.31. The van der Waals surface area contributed by atoms with Gasteiger partial charge in [0.15, 0.2) is 15.6 Å². The van der Waals surface area contributed by atoms with Gasteiger partial charge in [0.2, 0.25) is 5.91 Å². The van der Waals surface area contributed by atoms with Gasteiger partial charge in [-0.15, -0.1) is 0 Å². The number of nitrogens with zero attached hydrogens (tertiary/aromatic N) is 1. The monoisotopic (exact) mass is 366 g/mol. The van der Waals surface area contributed by atoms with E-state index in [-0.39, 0.29) is 30.5 Å². The molecule has 1 aliphatic heterocycles. The van der Waals surface area contributed by atoms with Crippen LogP contribution in [-0.2, 0) is 21.2 Å². The lowest BCUT2D eigenvalue weighted by atomic mass is 10.1. The van der Waals surface area contributed by atoms with Crippen molar-refractivity contribution in [2.75, 3.05) is 5.75 Å². The second-order valence-corrected chi connectivity index (χ2v) is 7.90. The molecule has 1 N–H and O–H groups in total. The van der Waals surface area contributed by atoms with Crippen LogP contribution >= 0.6 is 11.6 Å². The largest absolute Gasteiger partial charge is 0.359 e. The van der Waals surface area contributed by atoms with Gasteiger partial charge in [0.1, 0.15) is 5.69 Å². The Balaban J connectivity index is 1.55. The highest BCUT2D eigenvalue weighted by Crippen LogP contribution is 2.27. The maximum Gasteiger partial charge on any atom is 0.220 e. The SMILES string of the molecule is O=C(C[C@@H]1C=CS(=O)(=O)C1)NCc1cc(-c2ccccc2Cl)no1. The standard InChI is InChI=1S/C16H15ClN2O4S/c17-14-4-2-1-3-13(14)15-8-12(23-19-15)9-18-16(20)7-11-5-6-24(21,22)10-11/h1-6,8,11H,7,9-10H2,(H,18,20)/t11-/m0/s1. The molecule has 1 amide bonds. The lowest BCUT2D eigenvalue weighted by Crippen LogP contribution is -2.25.